The SMILES string of the molecule is C=CC1CC(COCc2ccccc2)(COCc2ccccc2)C/C1=C(/C)CC. The second-order valence-electron chi connectivity index (χ2n) is 8.34. The molecule has 154 valence electrons. The van der Waals surface area contributed by atoms with Gasteiger partial charge < -0.3 is 9.47 Å². The highest BCUT2D eigenvalue weighted by molar-refractivity contribution is 5.26. The summed E-state index contributed by atoms with van der Waals surface area (Å²) in [6.07, 6.45) is 5.29. The Hall–Kier alpha value is -2.16. The van der Waals surface area contributed by atoms with Gasteiger partial charge >= 0.3 is 0 Å². The van der Waals surface area contributed by atoms with E-state index in [-0.39, 0.29) is 5.41 Å². The molecule has 1 aliphatic rings. The zero-order chi connectivity index (χ0) is 20.5. The first-order valence-corrected chi connectivity index (χ1v) is 10.7. The quantitative estimate of drug-likeness (QED) is 0.419. The largest absolute Gasteiger partial charge is 0.376 e. The lowest BCUT2D eigenvalue weighted by atomic mass is 9.86. The van der Waals surface area contributed by atoms with Crippen molar-refractivity contribution in [3.63, 3.8) is 0 Å². The van der Waals surface area contributed by atoms with E-state index in [1.807, 2.05) is 12.1 Å². The Bertz CT molecular complexity index is 746. The van der Waals surface area contributed by atoms with Gasteiger partial charge in [0.2, 0.25) is 0 Å². The summed E-state index contributed by atoms with van der Waals surface area (Å²) in [4.78, 5) is 0. The summed E-state index contributed by atoms with van der Waals surface area (Å²) < 4.78 is 12.5. The summed E-state index contributed by atoms with van der Waals surface area (Å²) >= 11 is 0. The predicted octanol–water partition coefficient (Wildman–Crippen LogP) is 6.73. The summed E-state index contributed by atoms with van der Waals surface area (Å²) in [5.41, 5.74) is 5.46. The second kappa shape index (κ2) is 10.6. The molecule has 0 saturated heterocycles. The minimum atomic E-state index is 0.00812. The van der Waals surface area contributed by atoms with Crippen LogP contribution in [-0.4, -0.2) is 13.2 Å². The Morgan fingerprint density at radius 1 is 0.966 bits per heavy atom. The van der Waals surface area contributed by atoms with Gasteiger partial charge in [-0.3, -0.25) is 0 Å². The summed E-state index contributed by atoms with van der Waals surface area (Å²) in [5.74, 6) is 0.426. The molecule has 0 heterocycles. The topological polar surface area (TPSA) is 18.5 Å². The van der Waals surface area contributed by atoms with E-state index in [0.717, 1.165) is 19.3 Å². The Kier molecular flexibility index (Phi) is 7.85. The smallest absolute Gasteiger partial charge is 0.0717 e. The summed E-state index contributed by atoms with van der Waals surface area (Å²) in [6.45, 7) is 11.3. The molecule has 0 aliphatic heterocycles. The van der Waals surface area contributed by atoms with E-state index < -0.39 is 0 Å². The lowest BCUT2D eigenvalue weighted by Crippen LogP contribution is -2.30. The lowest BCUT2D eigenvalue weighted by molar-refractivity contribution is -0.0298. The van der Waals surface area contributed by atoms with Crippen LogP contribution in [0.4, 0.5) is 0 Å². The van der Waals surface area contributed by atoms with E-state index >= 15 is 0 Å². The Morgan fingerprint density at radius 3 is 1.93 bits per heavy atom. The molecule has 1 aliphatic carbocycles. The van der Waals surface area contributed by atoms with Gasteiger partial charge in [0.25, 0.3) is 0 Å². The van der Waals surface area contributed by atoms with E-state index in [1.54, 1.807) is 0 Å². The van der Waals surface area contributed by atoms with Crippen molar-refractivity contribution in [1.82, 2.24) is 0 Å². The van der Waals surface area contributed by atoms with Gasteiger partial charge in [-0.1, -0.05) is 84.8 Å². The molecule has 3 rings (SSSR count). The Morgan fingerprint density at radius 2 is 1.48 bits per heavy atom. The maximum absolute atomic E-state index is 6.23. The molecule has 2 aromatic carbocycles. The number of hydrogen-bond donors (Lipinski definition) is 0. The third kappa shape index (κ3) is 5.91. The van der Waals surface area contributed by atoms with Crippen LogP contribution in [0.25, 0.3) is 0 Å². The summed E-state index contributed by atoms with van der Waals surface area (Å²) in [5, 5.41) is 0. The van der Waals surface area contributed by atoms with Crippen LogP contribution in [-0.2, 0) is 22.7 Å². The number of rotatable bonds is 10. The molecule has 0 radical (unpaired) electrons. The van der Waals surface area contributed by atoms with Crippen LogP contribution in [0.1, 0.15) is 44.2 Å². The van der Waals surface area contributed by atoms with Crippen molar-refractivity contribution in [3.8, 4) is 0 Å². The van der Waals surface area contributed by atoms with Crippen LogP contribution in [0.5, 0.6) is 0 Å². The van der Waals surface area contributed by atoms with Crippen LogP contribution < -0.4 is 0 Å². The van der Waals surface area contributed by atoms with Crippen LogP contribution in [0.15, 0.2) is 84.5 Å². The summed E-state index contributed by atoms with van der Waals surface area (Å²) in [6, 6.07) is 20.8. The van der Waals surface area contributed by atoms with Crippen molar-refractivity contribution in [2.24, 2.45) is 11.3 Å². The third-order valence-electron chi connectivity index (χ3n) is 6.07. The number of hydrogen-bond acceptors (Lipinski definition) is 2. The average Bonchev–Trinajstić information content (AvgIpc) is 3.14. The van der Waals surface area contributed by atoms with Gasteiger partial charge in [0.1, 0.15) is 0 Å². The van der Waals surface area contributed by atoms with Crippen molar-refractivity contribution < 1.29 is 9.47 Å². The first-order chi connectivity index (χ1) is 14.2. The maximum atomic E-state index is 6.23. The van der Waals surface area contributed by atoms with Gasteiger partial charge in [-0.05, 0) is 43.2 Å². The average molecular weight is 391 g/mol. The van der Waals surface area contributed by atoms with Gasteiger partial charge in [0, 0.05) is 5.41 Å². The van der Waals surface area contributed by atoms with Crippen LogP contribution in [0.2, 0.25) is 0 Å². The van der Waals surface area contributed by atoms with Crippen molar-refractivity contribution in [2.75, 3.05) is 13.2 Å². The van der Waals surface area contributed by atoms with E-state index in [1.165, 1.54) is 22.3 Å². The molecule has 29 heavy (non-hydrogen) atoms. The van der Waals surface area contributed by atoms with Gasteiger partial charge in [0.05, 0.1) is 26.4 Å². The predicted molar refractivity (Wildman–Crippen MR) is 121 cm³/mol. The number of benzene rings is 2. The minimum absolute atomic E-state index is 0.00812. The van der Waals surface area contributed by atoms with E-state index in [4.69, 9.17) is 9.47 Å². The number of ether oxygens (including phenoxy) is 2. The molecule has 2 nitrogen and oxygen atoms in total. The van der Waals surface area contributed by atoms with Crippen LogP contribution in [0, 0.1) is 11.3 Å². The fraction of sp³-hybridized carbons (Fsp3) is 0.407. The fourth-order valence-corrected chi connectivity index (χ4v) is 4.30. The third-order valence-corrected chi connectivity index (χ3v) is 6.07. The van der Waals surface area contributed by atoms with Gasteiger partial charge in [0.15, 0.2) is 0 Å². The van der Waals surface area contributed by atoms with Gasteiger partial charge in [-0.2, -0.15) is 0 Å². The molecule has 1 saturated carbocycles. The lowest BCUT2D eigenvalue weighted by Gasteiger charge is -2.29. The normalized spacial score (nSPS) is 19.9. The zero-order valence-electron chi connectivity index (χ0n) is 17.9. The first kappa shape index (κ1) is 21.5. The highest BCUT2D eigenvalue weighted by Crippen LogP contribution is 2.48. The molecular formula is C27H34O2. The van der Waals surface area contributed by atoms with E-state index in [2.05, 4.69) is 75.0 Å². The molecule has 0 aromatic heterocycles. The summed E-state index contributed by atoms with van der Waals surface area (Å²) in [7, 11) is 0. The van der Waals surface area contributed by atoms with Gasteiger partial charge in [-0.25, -0.2) is 0 Å². The molecule has 1 atom stereocenters. The Balaban J connectivity index is 1.69. The standard InChI is InChI=1S/C27H34O2/c1-4-22(3)26-17-27(16-25(26)5-2,20-28-18-23-12-8-6-9-13-23)21-29-19-24-14-10-7-11-15-24/h5-15,25H,2,4,16-21H2,1,3H3/b26-22+. The molecule has 1 unspecified atom stereocenters. The van der Waals surface area contributed by atoms with Crippen LogP contribution >= 0.6 is 0 Å². The maximum Gasteiger partial charge on any atom is 0.0717 e. The molecule has 0 amide bonds. The molecule has 2 aromatic rings. The molecule has 1 fully saturated rings. The van der Waals surface area contributed by atoms with Crippen molar-refractivity contribution >= 4 is 0 Å². The fourth-order valence-electron chi connectivity index (χ4n) is 4.30. The van der Waals surface area contributed by atoms with Crippen molar-refractivity contribution in [1.29, 1.82) is 0 Å². The van der Waals surface area contributed by atoms with Crippen molar-refractivity contribution in [3.05, 3.63) is 95.6 Å². The molecule has 0 bridgehead atoms. The monoisotopic (exact) mass is 390 g/mol. The van der Waals surface area contributed by atoms with E-state index in [9.17, 15) is 0 Å². The highest BCUT2D eigenvalue weighted by atomic mass is 16.5. The molecule has 0 N–H and O–H groups in total. The minimum Gasteiger partial charge on any atom is -0.376 e. The molecule has 2 heteroatoms. The van der Waals surface area contributed by atoms with E-state index in [0.29, 0.717) is 32.3 Å². The van der Waals surface area contributed by atoms with Crippen molar-refractivity contribution in [2.45, 2.75) is 46.3 Å². The zero-order valence-corrected chi connectivity index (χ0v) is 17.9. The molecule has 0 spiro atoms. The first-order valence-electron chi connectivity index (χ1n) is 10.7. The molecular weight excluding hydrogens is 356 g/mol. The van der Waals surface area contributed by atoms with Gasteiger partial charge in [-0.15, -0.1) is 6.58 Å². The second-order valence-corrected chi connectivity index (χ2v) is 8.34. The number of allylic oxidation sites excluding steroid dienone is 3. The van der Waals surface area contributed by atoms with Crippen LogP contribution in [0.3, 0.4) is 0 Å². The highest BCUT2D eigenvalue weighted by Gasteiger charge is 2.42. The Labute approximate surface area is 176 Å².